The molecule has 0 saturated heterocycles. The quantitative estimate of drug-likeness (QED) is 0.504. The Balaban J connectivity index is 2.20. The Bertz CT molecular complexity index is 693. The number of benzene rings is 2. The molecule has 0 N–H and O–H groups in total. The van der Waals surface area contributed by atoms with Gasteiger partial charge < -0.3 is 9.47 Å². The second kappa shape index (κ2) is 7.64. The van der Waals surface area contributed by atoms with Gasteiger partial charge in [-0.15, -0.1) is 0 Å². The number of hydrogen-bond donors (Lipinski definition) is 0. The zero-order chi connectivity index (χ0) is 17.0. The van der Waals surface area contributed by atoms with Crippen LogP contribution in [0.5, 0.6) is 11.5 Å². The van der Waals surface area contributed by atoms with Crippen LogP contribution in [0.4, 0.5) is 0 Å². The molecular weight excluding hydrogens is 356 g/mol. The van der Waals surface area contributed by atoms with Crippen LogP contribution in [0.15, 0.2) is 46.9 Å². The molecule has 0 saturated carbocycles. The third kappa shape index (κ3) is 4.58. The largest absolute Gasteiger partial charge is 0.490 e. The summed E-state index contributed by atoms with van der Waals surface area (Å²) in [7, 11) is 0. The fraction of sp³-hybridized carbons (Fsp3) is 0.316. The lowest BCUT2D eigenvalue weighted by atomic mass is 10.0. The van der Waals surface area contributed by atoms with Crippen LogP contribution >= 0.6 is 15.9 Å². The summed E-state index contributed by atoms with van der Waals surface area (Å²) in [5, 5.41) is 0. The normalized spacial score (nSPS) is 10.9. The van der Waals surface area contributed by atoms with Crippen molar-refractivity contribution in [2.45, 2.75) is 39.7 Å². The fourth-order valence-corrected chi connectivity index (χ4v) is 2.66. The van der Waals surface area contributed by atoms with Gasteiger partial charge in [0.15, 0.2) is 0 Å². The minimum atomic E-state index is -0.380. The van der Waals surface area contributed by atoms with E-state index in [0.717, 1.165) is 10.0 Å². The van der Waals surface area contributed by atoms with Gasteiger partial charge in [0, 0.05) is 0 Å². The molecule has 3 nitrogen and oxygen atoms in total. The molecule has 0 fully saturated rings. The summed E-state index contributed by atoms with van der Waals surface area (Å²) >= 11 is 3.43. The standard InChI is InChI=1S/C19H21BrO3/c1-12(2)15-7-5-6-8-17(15)23-19(21)14-9-10-18(16(20)11-14)22-13(3)4/h5-13H,1-4H3. The van der Waals surface area contributed by atoms with Crippen molar-refractivity contribution < 1.29 is 14.3 Å². The molecule has 2 aromatic rings. The number of hydrogen-bond acceptors (Lipinski definition) is 3. The van der Waals surface area contributed by atoms with Gasteiger partial charge in [-0.05, 0) is 65.5 Å². The van der Waals surface area contributed by atoms with Gasteiger partial charge in [0.05, 0.1) is 16.1 Å². The molecule has 0 aromatic heterocycles. The van der Waals surface area contributed by atoms with E-state index in [4.69, 9.17) is 9.47 Å². The summed E-state index contributed by atoms with van der Waals surface area (Å²) < 4.78 is 12.0. The second-order valence-corrected chi connectivity index (χ2v) is 6.75. The summed E-state index contributed by atoms with van der Waals surface area (Å²) in [5.41, 5.74) is 1.49. The smallest absolute Gasteiger partial charge is 0.343 e. The van der Waals surface area contributed by atoms with Gasteiger partial charge >= 0.3 is 5.97 Å². The first-order valence-corrected chi connectivity index (χ1v) is 8.45. The Morgan fingerprint density at radius 3 is 2.30 bits per heavy atom. The lowest BCUT2D eigenvalue weighted by Gasteiger charge is -2.14. The molecule has 0 aliphatic heterocycles. The van der Waals surface area contributed by atoms with Crippen LogP contribution in [0.1, 0.15) is 49.5 Å². The third-order valence-corrected chi connectivity index (χ3v) is 3.89. The van der Waals surface area contributed by atoms with Crippen LogP contribution in [0.25, 0.3) is 0 Å². The van der Waals surface area contributed by atoms with Crippen molar-refractivity contribution in [3.05, 3.63) is 58.1 Å². The molecule has 23 heavy (non-hydrogen) atoms. The van der Waals surface area contributed by atoms with Crippen LogP contribution in [-0.2, 0) is 0 Å². The Morgan fingerprint density at radius 1 is 1.00 bits per heavy atom. The van der Waals surface area contributed by atoms with Crippen molar-refractivity contribution in [3.8, 4) is 11.5 Å². The molecule has 0 atom stereocenters. The van der Waals surface area contributed by atoms with Gasteiger partial charge in [0.25, 0.3) is 0 Å². The van der Waals surface area contributed by atoms with Gasteiger partial charge in [-0.3, -0.25) is 0 Å². The first-order valence-electron chi connectivity index (χ1n) is 7.65. The highest BCUT2D eigenvalue weighted by atomic mass is 79.9. The highest BCUT2D eigenvalue weighted by Gasteiger charge is 2.15. The summed E-state index contributed by atoms with van der Waals surface area (Å²) in [4.78, 5) is 12.4. The lowest BCUT2D eigenvalue weighted by Crippen LogP contribution is -2.11. The van der Waals surface area contributed by atoms with Crippen molar-refractivity contribution in [3.63, 3.8) is 0 Å². The molecule has 0 radical (unpaired) electrons. The van der Waals surface area contributed by atoms with E-state index in [9.17, 15) is 4.79 Å². The second-order valence-electron chi connectivity index (χ2n) is 5.89. The lowest BCUT2D eigenvalue weighted by molar-refractivity contribution is 0.0732. The summed E-state index contributed by atoms with van der Waals surface area (Å²) in [6.45, 7) is 8.05. The maximum atomic E-state index is 12.4. The van der Waals surface area contributed by atoms with Crippen molar-refractivity contribution >= 4 is 21.9 Å². The number of halogens is 1. The topological polar surface area (TPSA) is 35.5 Å². The Labute approximate surface area is 145 Å². The number of carbonyl (C=O) groups is 1. The maximum absolute atomic E-state index is 12.4. The van der Waals surface area contributed by atoms with Crippen molar-refractivity contribution in [1.29, 1.82) is 0 Å². The van der Waals surface area contributed by atoms with Crippen LogP contribution < -0.4 is 9.47 Å². The van der Waals surface area contributed by atoms with Crippen molar-refractivity contribution in [1.82, 2.24) is 0 Å². The first-order chi connectivity index (χ1) is 10.9. The Kier molecular flexibility index (Phi) is 5.83. The SMILES string of the molecule is CC(C)Oc1ccc(C(=O)Oc2ccccc2C(C)C)cc1Br. The van der Waals surface area contributed by atoms with Gasteiger partial charge in [0.1, 0.15) is 11.5 Å². The molecular formula is C19H21BrO3. The van der Waals surface area contributed by atoms with Crippen LogP contribution in [0, 0.1) is 0 Å². The van der Waals surface area contributed by atoms with E-state index < -0.39 is 0 Å². The predicted octanol–water partition coefficient (Wildman–Crippen LogP) is 5.58. The average Bonchev–Trinajstić information content (AvgIpc) is 2.49. The zero-order valence-electron chi connectivity index (χ0n) is 13.8. The fourth-order valence-electron chi connectivity index (χ4n) is 2.19. The minimum Gasteiger partial charge on any atom is -0.490 e. The highest BCUT2D eigenvalue weighted by molar-refractivity contribution is 9.10. The molecule has 2 rings (SSSR count). The molecule has 0 aliphatic rings. The number of ether oxygens (including phenoxy) is 2. The highest BCUT2D eigenvalue weighted by Crippen LogP contribution is 2.29. The van der Waals surface area contributed by atoms with E-state index in [2.05, 4.69) is 29.8 Å². The van der Waals surface area contributed by atoms with E-state index in [1.165, 1.54) is 0 Å². The van der Waals surface area contributed by atoms with E-state index in [0.29, 0.717) is 17.1 Å². The molecule has 0 unspecified atom stereocenters. The number of para-hydroxylation sites is 1. The Hall–Kier alpha value is -1.81. The molecule has 0 bridgehead atoms. The van der Waals surface area contributed by atoms with Gasteiger partial charge in [-0.1, -0.05) is 32.0 Å². The van der Waals surface area contributed by atoms with Gasteiger partial charge in [0.2, 0.25) is 0 Å². The molecule has 4 heteroatoms. The number of rotatable bonds is 5. The van der Waals surface area contributed by atoms with Crippen LogP contribution in [-0.4, -0.2) is 12.1 Å². The number of esters is 1. The van der Waals surface area contributed by atoms with Crippen LogP contribution in [0.2, 0.25) is 0 Å². The summed E-state index contributed by atoms with van der Waals surface area (Å²) in [5.74, 6) is 1.22. The molecule has 0 aliphatic carbocycles. The zero-order valence-corrected chi connectivity index (χ0v) is 15.4. The third-order valence-electron chi connectivity index (χ3n) is 3.27. The summed E-state index contributed by atoms with van der Waals surface area (Å²) in [6.07, 6.45) is 0.0713. The minimum absolute atomic E-state index is 0.0713. The van der Waals surface area contributed by atoms with E-state index in [1.807, 2.05) is 38.1 Å². The monoisotopic (exact) mass is 376 g/mol. The average molecular weight is 377 g/mol. The van der Waals surface area contributed by atoms with Crippen LogP contribution in [0.3, 0.4) is 0 Å². The summed E-state index contributed by atoms with van der Waals surface area (Å²) in [6, 6.07) is 12.8. The molecule has 0 amide bonds. The van der Waals surface area contributed by atoms with Gasteiger partial charge in [-0.25, -0.2) is 4.79 Å². The molecule has 122 valence electrons. The first kappa shape index (κ1) is 17.5. The molecule has 0 heterocycles. The number of carbonyl (C=O) groups excluding carboxylic acids is 1. The Morgan fingerprint density at radius 2 is 1.70 bits per heavy atom. The van der Waals surface area contributed by atoms with Crippen molar-refractivity contribution in [2.75, 3.05) is 0 Å². The van der Waals surface area contributed by atoms with E-state index >= 15 is 0 Å². The molecule has 0 spiro atoms. The van der Waals surface area contributed by atoms with E-state index in [1.54, 1.807) is 18.2 Å². The van der Waals surface area contributed by atoms with Crippen molar-refractivity contribution in [2.24, 2.45) is 0 Å². The maximum Gasteiger partial charge on any atom is 0.343 e. The predicted molar refractivity (Wildman–Crippen MR) is 95.4 cm³/mol. The van der Waals surface area contributed by atoms with Gasteiger partial charge in [-0.2, -0.15) is 0 Å². The molecule has 2 aromatic carbocycles. The van der Waals surface area contributed by atoms with E-state index in [-0.39, 0.29) is 18.0 Å².